The van der Waals surface area contributed by atoms with Crippen LogP contribution in [0.3, 0.4) is 0 Å². The number of imidazole rings is 1. The molecule has 4 aromatic rings. The minimum atomic E-state index is -0.196. The first kappa shape index (κ1) is 15.7. The number of benzene rings is 1. The van der Waals surface area contributed by atoms with Crippen molar-refractivity contribution in [3.8, 4) is 9.88 Å². The first-order valence-corrected chi connectivity index (χ1v) is 9.39. The minimum absolute atomic E-state index is 0.196. The van der Waals surface area contributed by atoms with Gasteiger partial charge >= 0.3 is 0 Å². The molecular weight excluding hydrogens is 352 g/mol. The summed E-state index contributed by atoms with van der Waals surface area (Å²) >= 11 is 3.10. The van der Waals surface area contributed by atoms with E-state index < -0.39 is 0 Å². The lowest BCUT2D eigenvalue weighted by molar-refractivity contribution is 0.102. The van der Waals surface area contributed by atoms with Crippen molar-refractivity contribution in [2.45, 2.75) is 6.54 Å². The monoisotopic (exact) mass is 366 g/mol. The highest BCUT2D eigenvalue weighted by molar-refractivity contribution is 7.20. The zero-order chi connectivity index (χ0) is 17.1. The summed E-state index contributed by atoms with van der Waals surface area (Å²) in [6, 6.07) is 11.8. The predicted molar refractivity (Wildman–Crippen MR) is 101 cm³/mol. The van der Waals surface area contributed by atoms with Crippen LogP contribution in [0.15, 0.2) is 65.9 Å². The molecule has 25 heavy (non-hydrogen) atoms. The van der Waals surface area contributed by atoms with E-state index >= 15 is 0 Å². The maximum absolute atomic E-state index is 12.4. The molecule has 1 aromatic carbocycles. The molecule has 0 atom stereocenters. The molecule has 4 rings (SSSR count). The van der Waals surface area contributed by atoms with Gasteiger partial charge in [-0.05, 0) is 29.1 Å². The standard InChI is InChI=1S/C18H14N4OS2/c23-17(15-11-25-18(21-15)16-5-2-8-24-16)20-14-4-1-3-13(9-14)10-22-7-6-19-12-22/h1-9,11-12H,10H2,(H,20,23). The van der Waals surface area contributed by atoms with Crippen LogP contribution in [-0.4, -0.2) is 20.4 Å². The molecule has 5 nitrogen and oxygen atoms in total. The SMILES string of the molecule is O=C(Nc1cccc(Cn2ccnc2)c1)c1csc(-c2cccs2)n1. The van der Waals surface area contributed by atoms with E-state index in [0.29, 0.717) is 12.2 Å². The number of hydrogen-bond acceptors (Lipinski definition) is 5. The van der Waals surface area contributed by atoms with Crippen molar-refractivity contribution in [2.75, 3.05) is 5.32 Å². The van der Waals surface area contributed by atoms with Gasteiger partial charge in [0.2, 0.25) is 0 Å². The van der Waals surface area contributed by atoms with Crippen molar-refractivity contribution in [3.05, 3.63) is 77.1 Å². The lowest BCUT2D eigenvalue weighted by Gasteiger charge is -2.07. The summed E-state index contributed by atoms with van der Waals surface area (Å²) in [5.41, 5.74) is 2.29. The summed E-state index contributed by atoms with van der Waals surface area (Å²) in [5.74, 6) is -0.196. The predicted octanol–water partition coefficient (Wildman–Crippen LogP) is 4.37. The van der Waals surface area contributed by atoms with Crippen LogP contribution in [0.25, 0.3) is 9.88 Å². The molecule has 7 heteroatoms. The second kappa shape index (κ2) is 7.00. The summed E-state index contributed by atoms with van der Waals surface area (Å²) in [4.78, 5) is 22.0. The van der Waals surface area contributed by atoms with E-state index in [1.807, 2.05) is 52.5 Å². The molecule has 3 aromatic heterocycles. The second-order valence-electron chi connectivity index (χ2n) is 5.40. The molecule has 3 heterocycles. The van der Waals surface area contributed by atoms with Crippen molar-refractivity contribution in [1.29, 1.82) is 0 Å². The molecule has 1 amide bonds. The summed E-state index contributed by atoms with van der Waals surface area (Å²) in [5, 5.41) is 7.58. The van der Waals surface area contributed by atoms with Crippen LogP contribution < -0.4 is 5.32 Å². The number of aromatic nitrogens is 3. The molecule has 0 saturated heterocycles. The fourth-order valence-corrected chi connectivity index (χ4v) is 4.04. The summed E-state index contributed by atoms with van der Waals surface area (Å²) in [6.45, 7) is 0.711. The molecule has 0 aliphatic heterocycles. The van der Waals surface area contributed by atoms with Gasteiger partial charge in [-0.25, -0.2) is 9.97 Å². The highest BCUT2D eigenvalue weighted by atomic mass is 32.1. The van der Waals surface area contributed by atoms with Gasteiger partial charge in [0, 0.05) is 30.0 Å². The highest BCUT2D eigenvalue weighted by Crippen LogP contribution is 2.28. The van der Waals surface area contributed by atoms with Gasteiger partial charge in [0.25, 0.3) is 5.91 Å². The number of thiophene rings is 1. The maximum Gasteiger partial charge on any atom is 0.275 e. The minimum Gasteiger partial charge on any atom is -0.333 e. The molecule has 0 bridgehead atoms. The summed E-state index contributed by atoms with van der Waals surface area (Å²) in [6.07, 6.45) is 5.43. The number of nitrogens with zero attached hydrogens (tertiary/aromatic N) is 3. The molecule has 0 aliphatic carbocycles. The number of rotatable bonds is 5. The van der Waals surface area contributed by atoms with Crippen LogP contribution in [0, 0.1) is 0 Å². The first-order chi connectivity index (χ1) is 12.3. The van der Waals surface area contributed by atoms with Crippen LogP contribution >= 0.6 is 22.7 Å². The zero-order valence-corrected chi connectivity index (χ0v) is 14.8. The van der Waals surface area contributed by atoms with Gasteiger partial charge in [0.05, 0.1) is 11.2 Å². The van der Waals surface area contributed by atoms with Gasteiger partial charge < -0.3 is 9.88 Å². The molecule has 0 aliphatic rings. The summed E-state index contributed by atoms with van der Waals surface area (Å²) < 4.78 is 1.98. The van der Waals surface area contributed by atoms with Crippen molar-refractivity contribution in [2.24, 2.45) is 0 Å². The normalized spacial score (nSPS) is 10.7. The van der Waals surface area contributed by atoms with Crippen molar-refractivity contribution in [3.63, 3.8) is 0 Å². The number of amides is 1. The molecule has 1 N–H and O–H groups in total. The van der Waals surface area contributed by atoms with Gasteiger partial charge in [0.15, 0.2) is 0 Å². The Hall–Kier alpha value is -2.77. The molecule has 0 saturated carbocycles. The maximum atomic E-state index is 12.4. The molecular formula is C18H14N4OS2. The Morgan fingerprint density at radius 1 is 1.20 bits per heavy atom. The van der Waals surface area contributed by atoms with Crippen LogP contribution in [0.1, 0.15) is 16.1 Å². The van der Waals surface area contributed by atoms with Crippen molar-refractivity contribution < 1.29 is 4.79 Å². The number of thiazole rings is 1. The Bertz CT molecular complexity index is 974. The smallest absolute Gasteiger partial charge is 0.275 e. The van der Waals surface area contributed by atoms with Crippen LogP contribution in [0.2, 0.25) is 0 Å². The Kier molecular flexibility index (Phi) is 4.41. The largest absolute Gasteiger partial charge is 0.333 e. The molecule has 0 radical (unpaired) electrons. The van der Waals surface area contributed by atoms with E-state index in [0.717, 1.165) is 21.1 Å². The van der Waals surface area contributed by atoms with E-state index in [-0.39, 0.29) is 5.91 Å². The fraction of sp³-hybridized carbons (Fsp3) is 0.0556. The van der Waals surface area contributed by atoms with Gasteiger partial charge in [-0.3, -0.25) is 4.79 Å². The van der Waals surface area contributed by atoms with Crippen LogP contribution in [-0.2, 0) is 6.54 Å². The van der Waals surface area contributed by atoms with E-state index in [1.165, 1.54) is 11.3 Å². The third-order valence-corrected chi connectivity index (χ3v) is 5.46. The lowest BCUT2D eigenvalue weighted by Crippen LogP contribution is -2.12. The number of nitrogens with one attached hydrogen (secondary N) is 1. The summed E-state index contributed by atoms with van der Waals surface area (Å²) in [7, 11) is 0. The number of carbonyl (C=O) groups is 1. The van der Waals surface area contributed by atoms with Crippen LogP contribution in [0.4, 0.5) is 5.69 Å². The van der Waals surface area contributed by atoms with E-state index in [1.54, 1.807) is 29.2 Å². The molecule has 0 spiro atoms. The number of hydrogen-bond donors (Lipinski definition) is 1. The Morgan fingerprint density at radius 2 is 2.16 bits per heavy atom. The van der Waals surface area contributed by atoms with Crippen LogP contribution in [0.5, 0.6) is 0 Å². The van der Waals surface area contributed by atoms with E-state index in [4.69, 9.17) is 0 Å². The Balaban J connectivity index is 1.47. The fourth-order valence-electron chi connectivity index (χ4n) is 2.43. The van der Waals surface area contributed by atoms with Gasteiger partial charge in [0.1, 0.15) is 10.7 Å². The zero-order valence-electron chi connectivity index (χ0n) is 13.1. The lowest BCUT2D eigenvalue weighted by atomic mass is 10.2. The van der Waals surface area contributed by atoms with Gasteiger partial charge in [-0.2, -0.15) is 0 Å². The highest BCUT2D eigenvalue weighted by Gasteiger charge is 2.12. The van der Waals surface area contributed by atoms with Crippen molar-refractivity contribution in [1.82, 2.24) is 14.5 Å². The Labute approximate surface area is 152 Å². The van der Waals surface area contributed by atoms with E-state index in [9.17, 15) is 4.79 Å². The number of anilines is 1. The third kappa shape index (κ3) is 3.67. The van der Waals surface area contributed by atoms with E-state index in [2.05, 4.69) is 15.3 Å². The van der Waals surface area contributed by atoms with Gasteiger partial charge in [-0.15, -0.1) is 22.7 Å². The first-order valence-electron chi connectivity index (χ1n) is 7.63. The molecule has 124 valence electrons. The molecule has 0 unspecified atom stereocenters. The third-order valence-electron chi connectivity index (χ3n) is 3.58. The average molecular weight is 366 g/mol. The van der Waals surface area contributed by atoms with Gasteiger partial charge in [-0.1, -0.05) is 18.2 Å². The molecule has 0 fully saturated rings. The number of carbonyl (C=O) groups excluding carboxylic acids is 1. The average Bonchev–Trinajstić information content (AvgIpc) is 3.37. The second-order valence-corrected chi connectivity index (χ2v) is 7.21. The Morgan fingerprint density at radius 3 is 2.96 bits per heavy atom. The van der Waals surface area contributed by atoms with Crippen molar-refractivity contribution >= 4 is 34.3 Å². The quantitative estimate of drug-likeness (QED) is 0.571. The topological polar surface area (TPSA) is 59.8 Å².